The van der Waals surface area contributed by atoms with Crippen LogP contribution in [-0.2, 0) is 23.7 Å². The van der Waals surface area contributed by atoms with Crippen molar-refractivity contribution in [2.45, 2.75) is 65.2 Å². The summed E-state index contributed by atoms with van der Waals surface area (Å²) < 4.78 is 5.70. The molecule has 0 aliphatic heterocycles. The number of ether oxygens (including phenoxy) is 1. The molecular weight excluding hydrogens is 396 g/mol. The zero-order chi connectivity index (χ0) is 23.5. The first-order valence-corrected chi connectivity index (χ1v) is 11.2. The number of carbonyl (C=O) groups is 1. The average Bonchev–Trinajstić information content (AvgIpc) is 2.73. The second kappa shape index (κ2) is 9.20. The summed E-state index contributed by atoms with van der Waals surface area (Å²) in [7, 11) is 0. The van der Waals surface area contributed by atoms with Crippen LogP contribution in [0, 0.1) is 0 Å². The Morgan fingerprint density at radius 3 is 1.59 bits per heavy atom. The molecule has 0 fully saturated rings. The fourth-order valence-corrected chi connectivity index (χ4v) is 3.45. The number of aromatic hydroxyl groups is 1. The third-order valence-electron chi connectivity index (χ3n) is 5.67. The predicted molar refractivity (Wildman–Crippen MR) is 131 cm³/mol. The molecule has 3 heteroatoms. The van der Waals surface area contributed by atoms with E-state index < -0.39 is 0 Å². The van der Waals surface area contributed by atoms with Crippen LogP contribution in [0.3, 0.4) is 0 Å². The minimum Gasteiger partial charge on any atom is -0.508 e. The van der Waals surface area contributed by atoms with E-state index in [1.165, 1.54) is 11.1 Å². The van der Waals surface area contributed by atoms with E-state index in [0.717, 1.165) is 24.0 Å². The minimum atomic E-state index is -0.335. The van der Waals surface area contributed by atoms with Crippen molar-refractivity contribution in [3.63, 3.8) is 0 Å². The summed E-state index contributed by atoms with van der Waals surface area (Å²) in [6.07, 6.45) is 1.76. The van der Waals surface area contributed by atoms with E-state index in [2.05, 4.69) is 47.6 Å². The SMILES string of the molecule is CC(C)(C)c1cc(C(=O)Oc2ccc(CCc3ccc(O)cc3)cc2)cc(C(C)(C)C)c1. The summed E-state index contributed by atoms with van der Waals surface area (Å²) >= 11 is 0. The molecule has 32 heavy (non-hydrogen) atoms. The van der Waals surface area contributed by atoms with Gasteiger partial charge in [-0.2, -0.15) is 0 Å². The quantitative estimate of drug-likeness (QED) is 0.350. The van der Waals surface area contributed by atoms with Gasteiger partial charge in [0.2, 0.25) is 0 Å². The van der Waals surface area contributed by atoms with Crippen LogP contribution in [0.15, 0.2) is 66.7 Å². The monoisotopic (exact) mass is 430 g/mol. The lowest BCUT2D eigenvalue weighted by Crippen LogP contribution is -2.19. The molecule has 3 aromatic carbocycles. The van der Waals surface area contributed by atoms with Gasteiger partial charge < -0.3 is 9.84 Å². The highest BCUT2D eigenvalue weighted by Gasteiger charge is 2.23. The van der Waals surface area contributed by atoms with Gasteiger partial charge in [0.25, 0.3) is 0 Å². The lowest BCUT2D eigenvalue weighted by Gasteiger charge is -2.25. The van der Waals surface area contributed by atoms with E-state index in [1.807, 2.05) is 48.5 Å². The number of phenolic OH excluding ortho intramolecular Hbond substituents is 1. The summed E-state index contributed by atoms with van der Waals surface area (Å²) in [5.74, 6) is 0.489. The lowest BCUT2D eigenvalue weighted by atomic mass is 9.79. The van der Waals surface area contributed by atoms with Gasteiger partial charge in [-0.3, -0.25) is 0 Å². The molecule has 0 unspecified atom stereocenters. The highest BCUT2D eigenvalue weighted by Crippen LogP contribution is 2.31. The fourth-order valence-electron chi connectivity index (χ4n) is 3.45. The molecule has 1 N–H and O–H groups in total. The normalized spacial score (nSPS) is 11.9. The van der Waals surface area contributed by atoms with Crippen molar-refractivity contribution < 1.29 is 14.6 Å². The molecule has 3 aromatic rings. The fraction of sp³-hybridized carbons (Fsp3) is 0.345. The Balaban J connectivity index is 1.72. The molecule has 0 amide bonds. The summed E-state index contributed by atoms with van der Waals surface area (Å²) in [4.78, 5) is 13.0. The molecule has 0 aliphatic rings. The number of phenols is 1. The maximum Gasteiger partial charge on any atom is 0.343 e. The molecular formula is C29H34O3. The Bertz CT molecular complexity index is 1030. The molecule has 0 atom stereocenters. The van der Waals surface area contributed by atoms with Gasteiger partial charge in [0.05, 0.1) is 5.56 Å². The van der Waals surface area contributed by atoms with Crippen molar-refractivity contribution in [1.82, 2.24) is 0 Å². The molecule has 0 saturated heterocycles. The van der Waals surface area contributed by atoms with Crippen LogP contribution in [0.4, 0.5) is 0 Å². The number of benzene rings is 3. The number of esters is 1. The maximum atomic E-state index is 13.0. The Morgan fingerprint density at radius 2 is 1.16 bits per heavy atom. The topological polar surface area (TPSA) is 46.5 Å². The Kier molecular flexibility index (Phi) is 6.78. The molecule has 168 valence electrons. The van der Waals surface area contributed by atoms with E-state index in [1.54, 1.807) is 12.1 Å². The maximum absolute atomic E-state index is 13.0. The highest BCUT2D eigenvalue weighted by molar-refractivity contribution is 5.91. The summed E-state index contributed by atoms with van der Waals surface area (Å²) in [6.45, 7) is 12.9. The Morgan fingerprint density at radius 1 is 0.719 bits per heavy atom. The van der Waals surface area contributed by atoms with E-state index in [0.29, 0.717) is 11.3 Å². The van der Waals surface area contributed by atoms with Crippen LogP contribution in [0.2, 0.25) is 0 Å². The van der Waals surface area contributed by atoms with Gasteiger partial charge >= 0.3 is 5.97 Å². The average molecular weight is 431 g/mol. The van der Waals surface area contributed by atoms with Gasteiger partial charge in [0.15, 0.2) is 0 Å². The zero-order valence-corrected chi connectivity index (χ0v) is 20.0. The van der Waals surface area contributed by atoms with Crippen LogP contribution >= 0.6 is 0 Å². The number of aryl methyl sites for hydroxylation is 2. The molecule has 0 heterocycles. The van der Waals surface area contributed by atoms with Gasteiger partial charge in [-0.15, -0.1) is 0 Å². The number of hydrogen-bond donors (Lipinski definition) is 1. The minimum absolute atomic E-state index is 0.0601. The van der Waals surface area contributed by atoms with Gasteiger partial charge in [-0.05, 0) is 82.3 Å². The van der Waals surface area contributed by atoms with Crippen molar-refractivity contribution in [3.05, 3.63) is 94.5 Å². The summed E-state index contributed by atoms with van der Waals surface area (Å²) in [6, 6.07) is 21.1. The van der Waals surface area contributed by atoms with Crippen molar-refractivity contribution in [2.75, 3.05) is 0 Å². The first-order valence-electron chi connectivity index (χ1n) is 11.2. The molecule has 0 saturated carbocycles. The lowest BCUT2D eigenvalue weighted by molar-refractivity contribution is 0.0734. The van der Waals surface area contributed by atoms with E-state index in [9.17, 15) is 9.90 Å². The van der Waals surface area contributed by atoms with Crippen molar-refractivity contribution in [2.24, 2.45) is 0 Å². The van der Waals surface area contributed by atoms with Gasteiger partial charge in [0, 0.05) is 0 Å². The van der Waals surface area contributed by atoms with Crippen molar-refractivity contribution in [3.8, 4) is 11.5 Å². The van der Waals surface area contributed by atoms with Crippen LogP contribution in [0.5, 0.6) is 11.5 Å². The van der Waals surface area contributed by atoms with Gasteiger partial charge in [0.1, 0.15) is 11.5 Å². The van der Waals surface area contributed by atoms with Gasteiger partial charge in [-0.1, -0.05) is 71.9 Å². The molecule has 3 rings (SSSR count). The van der Waals surface area contributed by atoms with Crippen LogP contribution in [0.1, 0.15) is 74.2 Å². The van der Waals surface area contributed by atoms with Gasteiger partial charge in [-0.25, -0.2) is 4.79 Å². The Hall–Kier alpha value is -3.07. The predicted octanol–water partition coefficient (Wildman–Crippen LogP) is 6.99. The van der Waals surface area contributed by atoms with E-state index >= 15 is 0 Å². The van der Waals surface area contributed by atoms with Crippen molar-refractivity contribution >= 4 is 5.97 Å². The highest BCUT2D eigenvalue weighted by atomic mass is 16.5. The second-order valence-corrected chi connectivity index (χ2v) is 10.5. The summed E-state index contributed by atoms with van der Waals surface area (Å²) in [5.41, 5.74) is 5.06. The molecule has 0 spiro atoms. The zero-order valence-electron chi connectivity index (χ0n) is 20.0. The molecule has 0 bridgehead atoms. The molecule has 0 aliphatic carbocycles. The first-order chi connectivity index (χ1) is 14.9. The molecule has 0 aromatic heterocycles. The third-order valence-corrected chi connectivity index (χ3v) is 5.67. The largest absolute Gasteiger partial charge is 0.508 e. The summed E-state index contributed by atoms with van der Waals surface area (Å²) in [5, 5.41) is 9.39. The van der Waals surface area contributed by atoms with Crippen LogP contribution in [-0.4, -0.2) is 11.1 Å². The van der Waals surface area contributed by atoms with E-state index in [4.69, 9.17) is 4.74 Å². The number of hydrogen-bond acceptors (Lipinski definition) is 3. The standard InChI is InChI=1S/C29H34O3/c1-28(2,3)23-17-22(18-24(19-23)29(4,5)6)27(31)32-26-15-11-21(12-16-26)8-7-20-9-13-25(30)14-10-20/h9-19,30H,7-8H2,1-6H3. The Labute approximate surface area is 192 Å². The molecule has 0 radical (unpaired) electrons. The van der Waals surface area contributed by atoms with E-state index in [-0.39, 0.29) is 22.5 Å². The second-order valence-electron chi connectivity index (χ2n) is 10.5. The third kappa shape index (κ3) is 6.23. The number of rotatable bonds is 5. The van der Waals surface area contributed by atoms with Crippen LogP contribution in [0.25, 0.3) is 0 Å². The smallest absolute Gasteiger partial charge is 0.343 e. The molecule has 3 nitrogen and oxygen atoms in total. The van der Waals surface area contributed by atoms with Crippen LogP contribution < -0.4 is 4.74 Å². The first kappa shape index (κ1) is 23.6. The van der Waals surface area contributed by atoms with Crippen molar-refractivity contribution in [1.29, 1.82) is 0 Å². The number of carbonyl (C=O) groups excluding carboxylic acids is 1.